The maximum atomic E-state index is 12.1. The molecule has 6 heteroatoms. The molecule has 0 spiro atoms. The standard InChI is InChI=1S/C21H21BrN2O3/c1-14-6-5-7-15(8-14)13-27-20-11-18(22)16(10-19(20)26-4)9-17(12-23)21(25)24(2)3/h5-11H,13H2,1-4H3/b17-9-. The third-order valence-corrected chi connectivity index (χ3v) is 4.50. The molecule has 0 aromatic heterocycles. The number of aryl methyl sites for hydroxylation is 1. The van der Waals surface area contributed by atoms with Gasteiger partial charge in [0.2, 0.25) is 0 Å². The summed E-state index contributed by atoms with van der Waals surface area (Å²) in [6.45, 7) is 2.44. The van der Waals surface area contributed by atoms with Gasteiger partial charge >= 0.3 is 0 Å². The van der Waals surface area contributed by atoms with Crippen LogP contribution in [0.5, 0.6) is 11.5 Å². The Morgan fingerprint density at radius 2 is 2.00 bits per heavy atom. The molecule has 0 unspecified atom stereocenters. The summed E-state index contributed by atoms with van der Waals surface area (Å²) in [5, 5.41) is 9.27. The summed E-state index contributed by atoms with van der Waals surface area (Å²) in [6.07, 6.45) is 1.53. The van der Waals surface area contributed by atoms with E-state index >= 15 is 0 Å². The third-order valence-electron chi connectivity index (χ3n) is 3.82. The first kappa shape index (κ1) is 20.5. The van der Waals surface area contributed by atoms with E-state index in [0.29, 0.717) is 28.1 Å². The highest BCUT2D eigenvalue weighted by Crippen LogP contribution is 2.35. The number of rotatable bonds is 6. The van der Waals surface area contributed by atoms with E-state index < -0.39 is 0 Å². The van der Waals surface area contributed by atoms with Crippen LogP contribution >= 0.6 is 15.9 Å². The lowest BCUT2D eigenvalue weighted by Crippen LogP contribution is -2.22. The van der Waals surface area contributed by atoms with Crippen molar-refractivity contribution in [1.82, 2.24) is 4.90 Å². The van der Waals surface area contributed by atoms with Crippen LogP contribution in [-0.2, 0) is 11.4 Å². The number of ether oxygens (including phenoxy) is 2. The topological polar surface area (TPSA) is 62.6 Å². The molecule has 1 amide bonds. The Labute approximate surface area is 167 Å². The van der Waals surface area contributed by atoms with E-state index in [1.165, 1.54) is 16.5 Å². The van der Waals surface area contributed by atoms with Crippen molar-refractivity contribution in [3.05, 3.63) is 63.1 Å². The van der Waals surface area contributed by atoms with Gasteiger partial charge in [-0.2, -0.15) is 5.26 Å². The second-order valence-corrected chi connectivity index (χ2v) is 7.03. The number of likely N-dealkylation sites (N-methyl/N-ethyl adjacent to an activating group) is 1. The summed E-state index contributed by atoms with van der Waals surface area (Å²) in [7, 11) is 4.75. The van der Waals surface area contributed by atoms with Gasteiger partial charge in [0.05, 0.1) is 7.11 Å². The van der Waals surface area contributed by atoms with E-state index in [0.717, 1.165) is 5.56 Å². The maximum absolute atomic E-state index is 12.1. The zero-order valence-electron chi connectivity index (χ0n) is 15.7. The zero-order chi connectivity index (χ0) is 20.0. The smallest absolute Gasteiger partial charge is 0.264 e. The van der Waals surface area contributed by atoms with Gasteiger partial charge in [0, 0.05) is 18.6 Å². The number of methoxy groups -OCH3 is 1. The van der Waals surface area contributed by atoms with Crippen LogP contribution in [0, 0.1) is 18.3 Å². The van der Waals surface area contributed by atoms with Crippen LogP contribution in [0.1, 0.15) is 16.7 Å². The molecule has 0 atom stereocenters. The third kappa shape index (κ3) is 5.35. The first-order chi connectivity index (χ1) is 12.8. The molecule has 2 aromatic rings. The lowest BCUT2D eigenvalue weighted by atomic mass is 10.1. The van der Waals surface area contributed by atoms with Gasteiger partial charge in [0.25, 0.3) is 5.91 Å². The molecule has 0 bridgehead atoms. The number of nitrogens with zero attached hydrogens (tertiary/aromatic N) is 2. The first-order valence-corrected chi connectivity index (χ1v) is 9.04. The monoisotopic (exact) mass is 428 g/mol. The molecule has 140 valence electrons. The molecule has 0 aliphatic heterocycles. The van der Waals surface area contributed by atoms with E-state index in [2.05, 4.69) is 22.0 Å². The van der Waals surface area contributed by atoms with E-state index in [9.17, 15) is 10.1 Å². The van der Waals surface area contributed by atoms with Crippen molar-refractivity contribution in [1.29, 1.82) is 5.26 Å². The Morgan fingerprint density at radius 1 is 1.26 bits per heavy atom. The molecule has 0 aliphatic carbocycles. The number of nitriles is 1. The number of hydrogen-bond acceptors (Lipinski definition) is 4. The van der Waals surface area contributed by atoms with Gasteiger partial charge in [-0.25, -0.2) is 0 Å². The second kappa shape index (κ2) is 9.24. The van der Waals surface area contributed by atoms with Gasteiger partial charge in [-0.05, 0) is 36.3 Å². The number of carbonyl (C=O) groups is 1. The Bertz CT molecular complexity index is 914. The summed E-state index contributed by atoms with van der Waals surface area (Å²) in [6, 6.07) is 13.5. The Hall–Kier alpha value is -2.78. The molecule has 0 saturated heterocycles. The van der Waals surface area contributed by atoms with Gasteiger partial charge in [-0.3, -0.25) is 4.79 Å². The predicted molar refractivity (Wildman–Crippen MR) is 108 cm³/mol. The summed E-state index contributed by atoms with van der Waals surface area (Å²) >= 11 is 3.48. The fourth-order valence-corrected chi connectivity index (χ4v) is 2.87. The average Bonchev–Trinajstić information content (AvgIpc) is 2.65. The van der Waals surface area contributed by atoms with Crippen molar-refractivity contribution in [2.75, 3.05) is 21.2 Å². The molecule has 0 fully saturated rings. The number of halogens is 1. The second-order valence-electron chi connectivity index (χ2n) is 6.17. The number of carbonyl (C=O) groups excluding carboxylic acids is 1. The molecule has 2 aromatic carbocycles. The molecule has 0 radical (unpaired) electrons. The summed E-state index contributed by atoms with van der Waals surface area (Å²) < 4.78 is 12.0. The largest absolute Gasteiger partial charge is 0.493 e. The van der Waals surface area contributed by atoms with Gasteiger partial charge < -0.3 is 14.4 Å². The van der Waals surface area contributed by atoms with Crippen molar-refractivity contribution in [2.45, 2.75) is 13.5 Å². The van der Waals surface area contributed by atoms with Crippen molar-refractivity contribution >= 4 is 27.9 Å². The van der Waals surface area contributed by atoms with Crippen LogP contribution < -0.4 is 9.47 Å². The minimum Gasteiger partial charge on any atom is -0.493 e. The molecule has 0 aliphatic rings. The summed E-state index contributed by atoms with van der Waals surface area (Å²) in [4.78, 5) is 13.4. The molecule has 0 heterocycles. The van der Waals surface area contributed by atoms with Crippen molar-refractivity contribution in [3.63, 3.8) is 0 Å². The van der Waals surface area contributed by atoms with Crippen LogP contribution in [0.2, 0.25) is 0 Å². The molecular weight excluding hydrogens is 408 g/mol. The predicted octanol–water partition coefficient (Wildman–Crippen LogP) is 4.34. The van der Waals surface area contributed by atoms with E-state index in [4.69, 9.17) is 9.47 Å². The van der Waals surface area contributed by atoms with Gasteiger partial charge in [0.15, 0.2) is 11.5 Å². The summed E-state index contributed by atoms with van der Waals surface area (Å²) in [5.41, 5.74) is 2.91. The molecule has 27 heavy (non-hydrogen) atoms. The van der Waals surface area contributed by atoms with Crippen molar-refractivity contribution in [2.24, 2.45) is 0 Å². The fourth-order valence-electron chi connectivity index (χ4n) is 2.44. The Morgan fingerprint density at radius 3 is 2.59 bits per heavy atom. The Balaban J connectivity index is 2.31. The highest BCUT2D eigenvalue weighted by atomic mass is 79.9. The zero-order valence-corrected chi connectivity index (χ0v) is 17.3. The van der Waals surface area contributed by atoms with E-state index in [-0.39, 0.29) is 11.5 Å². The van der Waals surface area contributed by atoms with Crippen molar-refractivity contribution < 1.29 is 14.3 Å². The molecule has 5 nitrogen and oxygen atoms in total. The van der Waals surface area contributed by atoms with Crippen molar-refractivity contribution in [3.8, 4) is 17.6 Å². The lowest BCUT2D eigenvalue weighted by molar-refractivity contribution is -0.124. The quantitative estimate of drug-likeness (QED) is 0.506. The maximum Gasteiger partial charge on any atom is 0.264 e. The molecule has 0 N–H and O–H groups in total. The SMILES string of the molecule is COc1cc(/C=C(/C#N)C(=O)N(C)C)c(Br)cc1OCc1cccc(C)c1. The average molecular weight is 429 g/mol. The lowest BCUT2D eigenvalue weighted by Gasteiger charge is -2.14. The van der Waals surface area contributed by atoms with Crippen LogP contribution in [-0.4, -0.2) is 32.0 Å². The van der Waals surface area contributed by atoms with Gasteiger partial charge in [-0.15, -0.1) is 0 Å². The van der Waals surface area contributed by atoms with Crippen LogP contribution in [0.15, 0.2) is 46.4 Å². The van der Waals surface area contributed by atoms with Gasteiger partial charge in [0.1, 0.15) is 18.2 Å². The van der Waals surface area contributed by atoms with Crippen LogP contribution in [0.25, 0.3) is 6.08 Å². The number of benzene rings is 2. The normalized spacial score (nSPS) is 10.9. The van der Waals surface area contributed by atoms with Crippen LogP contribution in [0.3, 0.4) is 0 Å². The van der Waals surface area contributed by atoms with Crippen LogP contribution in [0.4, 0.5) is 0 Å². The highest BCUT2D eigenvalue weighted by Gasteiger charge is 2.14. The molecule has 0 saturated carbocycles. The Kier molecular flexibility index (Phi) is 7.03. The minimum absolute atomic E-state index is 0.0381. The fraction of sp³-hybridized carbons (Fsp3) is 0.238. The molecular formula is C21H21BrN2O3. The van der Waals surface area contributed by atoms with E-state index in [1.54, 1.807) is 33.3 Å². The molecule has 2 rings (SSSR count). The van der Waals surface area contributed by atoms with E-state index in [1.807, 2.05) is 31.2 Å². The number of amides is 1. The van der Waals surface area contributed by atoms with Gasteiger partial charge in [-0.1, -0.05) is 45.8 Å². The number of hydrogen-bond donors (Lipinski definition) is 0. The highest BCUT2D eigenvalue weighted by molar-refractivity contribution is 9.10. The first-order valence-electron chi connectivity index (χ1n) is 8.25. The summed E-state index contributed by atoms with van der Waals surface area (Å²) in [5.74, 6) is 0.732. The minimum atomic E-state index is -0.358.